The Morgan fingerprint density at radius 2 is 1.75 bits per heavy atom. The summed E-state index contributed by atoms with van der Waals surface area (Å²) in [6, 6.07) is -1.06. The van der Waals surface area contributed by atoms with E-state index in [-0.39, 0.29) is 12.8 Å². The number of aliphatic carboxylic acids is 2. The lowest BCUT2D eigenvalue weighted by atomic mass is 10.1. The number of hydrogen-bond donors (Lipinski definition) is 3. The maximum atomic E-state index is 9.99. The second-order valence-electron chi connectivity index (χ2n) is 6.15. The summed E-state index contributed by atoms with van der Waals surface area (Å²) >= 11 is 0. The van der Waals surface area contributed by atoms with Crippen molar-refractivity contribution in [1.29, 1.82) is 0 Å². The van der Waals surface area contributed by atoms with Gasteiger partial charge in [-0.05, 0) is 12.8 Å². The summed E-state index contributed by atoms with van der Waals surface area (Å²) in [5.74, 6) is -2.20. The SMILES string of the molecule is CCCCCCCCN1C=CN(C)C1.NC(CCC(=O)O)C(=O)O. The number of carboxylic acids is 2. The Kier molecular flexibility index (Phi) is 12.7. The summed E-state index contributed by atoms with van der Waals surface area (Å²) in [7, 11) is 2.12. The lowest BCUT2D eigenvalue weighted by Gasteiger charge is -2.17. The van der Waals surface area contributed by atoms with Crippen LogP contribution in [0.5, 0.6) is 0 Å². The summed E-state index contributed by atoms with van der Waals surface area (Å²) in [4.78, 5) is 24.5. The zero-order chi connectivity index (χ0) is 18.4. The molecule has 0 spiro atoms. The van der Waals surface area contributed by atoms with Gasteiger partial charge in [0.1, 0.15) is 6.04 Å². The smallest absolute Gasteiger partial charge is 0.320 e. The molecule has 7 heteroatoms. The molecule has 7 nitrogen and oxygen atoms in total. The molecule has 1 atom stereocenters. The summed E-state index contributed by atoms with van der Waals surface area (Å²) in [6.45, 7) is 4.58. The van der Waals surface area contributed by atoms with Crippen LogP contribution in [0.25, 0.3) is 0 Å². The van der Waals surface area contributed by atoms with Crippen LogP contribution in [0, 0.1) is 0 Å². The van der Waals surface area contributed by atoms with Gasteiger partial charge in [0.2, 0.25) is 0 Å². The number of hydrogen-bond acceptors (Lipinski definition) is 5. The third-order valence-corrected chi connectivity index (χ3v) is 3.72. The van der Waals surface area contributed by atoms with Crippen LogP contribution in [0.15, 0.2) is 12.4 Å². The molecule has 0 amide bonds. The maximum Gasteiger partial charge on any atom is 0.320 e. The van der Waals surface area contributed by atoms with Gasteiger partial charge in [-0.3, -0.25) is 9.59 Å². The maximum absolute atomic E-state index is 9.99. The standard InChI is InChI=1S/C12H24N2.C5H9NO4/c1-3-4-5-6-7-8-9-14-11-10-13(2)12-14;6-3(5(9)10)1-2-4(7)8/h10-11H,3-9,12H2,1-2H3;3H,1-2,6H2,(H,7,8)(H,9,10). The normalized spacial score (nSPS) is 14.3. The average Bonchev–Trinajstić information content (AvgIpc) is 2.94. The minimum atomic E-state index is -1.17. The van der Waals surface area contributed by atoms with E-state index in [2.05, 4.69) is 36.2 Å². The summed E-state index contributed by atoms with van der Waals surface area (Å²) in [5.41, 5.74) is 5.00. The van der Waals surface area contributed by atoms with Gasteiger partial charge in [0.05, 0.1) is 6.67 Å². The van der Waals surface area contributed by atoms with Gasteiger partial charge in [-0.2, -0.15) is 0 Å². The minimum absolute atomic E-state index is 0.0231. The Bertz CT molecular complexity index is 388. The van der Waals surface area contributed by atoms with Crippen molar-refractivity contribution in [3.8, 4) is 0 Å². The van der Waals surface area contributed by atoms with Crippen LogP contribution in [0.4, 0.5) is 0 Å². The molecule has 24 heavy (non-hydrogen) atoms. The van der Waals surface area contributed by atoms with Gasteiger partial charge in [-0.15, -0.1) is 0 Å². The fraction of sp³-hybridized carbons (Fsp3) is 0.765. The topological polar surface area (TPSA) is 107 Å². The van der Waals surface area contributed by atoms with Gasteiger partial charge in [0, 0.05) is 32.4 Å². The molecule has 4 N–H and O–H groups in total. The molecule has 1 aliphatic heterocycles. The van der Waals surface area contributed by atoms with E-state index in [9.17, 15) is 9.59 Å². The molecule has 0 aromatic heterocycles. The molecule has 1 rings (SSSR count). The van der Waals surface area contributed by atoms with E-state index in [1.165, 1.54) is 45.1 Å². The fourth-order valence-corrected chi connectivity index (χ4v) is 2.23. The molecule has 0 aromatic rings. The number of nitrogens with zero attached hydrogens (tertiary/aromatic N) is 2. The van der Waals surface area contributed by atoms with Crippen molar-refractivity contribution in [2.45, 2.75) is 64.3 Å². The Balaban J connectivity index is 0.000000470. The Morgan fingerprint density at radius 1 is 1.12 bits per heavy atom. The van der Waals surface area contributed by atoms with Crippen molar-refractivity contribution in [3.63, 3.8) is 0 Å². The highest BCUT2D eigenvalue weighted by atomic mass is 16.4. The van der Waals surface area contributed by atoms with E-state index in [0.29, 0.717) is 0 Å². The number of carboxylic acid groups (broad SMARTS) is 2. The van der Waals surface area contributed by atoms with Crippen molar-refractivity contribution >= 4 is 11.9 Å². The molecule has 1 heterocycles. The van der Waals surface area contributed by atoms with Crippen molar-refractivity contribution in [1.82, 2.24) is 9.80 Å². The zero-order valence-corrected chi connectivity index (χ0v) is 15.0. The largest absolute Gasteiger partial charge is 0.481 e. The number of rotatable bonds is 11. The third kappa shape index (κ3) is 12.8. The second kappa shape index (κ2) is 13.7. The molecular formula is C17H33N3O4. The highest BCUT2D eigenvalue weighted by Gasteiger charge is 2.12. The Labute approximate surface area is 145 Å². The van der Waals surface area contributed by atoms with Crippen molar-refractivity contribution in [2.24, 2.45) is 5.73 Å². The number of nitrogens with two attached hydrogens (primary N) is 1. The first-order valence-electron chi connectivity index (χ1n) is 8.69. The molecule has 140 valence electrons. The molecule has 0 aromatic carbocycles. The van der Waals surface area contributed by atoms with E-state index < -0.39 is 18.0 Å². The number of unbranched alkanes of at least 4 members (excludes halogenated alkanes) is 5. The first-order chi connectivity index (χ1) is 11.4. The van der Waals surface area contributed by atoms with Gasteiger partial charge in [-0.1, -0.05) is 39.0 Å². The van der Waals surface area contributed by atoms with Crippen molar-refractivity contribution in [3.05, 3.63) is 12.4 Å². The van der Waals surface area contributed by atoms with E-state index in [1.807, 2.05) is 0 Å². The van der Waals surface area contributed by atoms with E-state index >= 15 is 0 Å². The second-order valence-corrected chi connectivity index (χ2v) is 6.15. The number of carbonyl (C=O) groups is 2. The average molecular weight is 343 g/mol. The first kappa shape index (κ1) is 22.2. The van der Waals surface area contributed by atoms with Gasteiger partial charge >= 0.3 is 11.9 Å². The Hall–Kier alpha value is -1.76. The van der Waals surface area contributed by atoms with E-state index in [4.69, 9.17) is 15.9 Å². The monoisotopic (exact) mass is 343 g/mol. The molecule has 0 saturated heterocycles. The van der Waals surface area contributed by atoms with Gasteiger partial charge < -0.3 is 25.7 Å². The van der Waals surface area contributed by atoms with Crippen molar-refractivity contribution < 1.29 is 19.8 Å². The predicted molar refractivity (Wildman–Crippen MR) is 94.3 cm³/mol. The molecule has 0 bridgehead atoms. The molecule has 0 fully saturated rings. The molecule has 0 radical (unpaired) electrons. The lowest BCUT2D eigenvalue weighted by molar-refractivity contribution is -0.139. The molecular weight excluding hydrogens is 310 g/mol. The summed E-state index contributed by atoms with van der Waals surface area (Å²) < 4.78 is 0. The Morgan fingerprint density at radius 3 is 2.25 bits per heavy atom. The molecule has 0 saturated carbocycles. The van der Waals surface area contributed by atoms with Crippen LogP contribution in [-0.4, -0.2) is 58.3 Å². The third-order valence-electron chi connectivity index (χ3n) is 3.72. The van der Waals surface area contributed by atoms with Gasteiger partial charge in [0.25, 0.3) is 0 Å². The quantitative estimate of drug-likeness (QED) is 0.494. The van der Waals surface area contributed by atoms with Crippen molar-refractivity contribution in [2.75, 3.05) is 20.3 Å². The van der Waals surface area contributed by atoms with Crippen LogP contribution in [0.1, 0.15) is 58.3 Å². The minimum Gasteiger partial charge on any atom is -0.481 e. The highest BCUT2D eigenvalue weighted by Crippen LogP contribution is 2.08. The molecule has 1 unspecified atom stereocenters. The van der Waals surface area contributed by atoms with Crippen LogP contribution in [0.3, 0.4) is 0 Å². The summed E-state index contributed by atoms with van der Waals surface area (Å²) in [6.07, 6.45) is 12.5. The fourth-order valence-electron chi connectivity index (χ4n) is 2.23. The van der Waals surface area contributed by atoms with Crippen LogP contribution >= 0.6 is 0 Å². The predicted octanol–water partition coefficient (Wildman–Crippen LogP) is 2.29. The van der Waals surface area contributed by atoms with E-state index in [0.717, 1.165) is 6.67 Å². The van der Waals surface area contributed by atoms with Gasteiger partial charge in [-0.25, -0.2) is 0 Å². The molecule has 0 aliphatic carbocycles. The van der Waals surface area contributed by atoms with Gasteiger partial charge in [0.15, 0.2) is 0 Å². The first-order valence-corrected chi connectivity index (χ1v) is 8.69. The summed E-state index contributed by atoms with van der Waals surface area (Å²) in [5, 5.41) is 16.3. The lowest BCUT2D eigenvalue weighted by Crippen LogP contribution is -2.30. The van der Waals surface area contributed by atoms with Crippen LogP contribution in [-0.2, 0) is 9.59 Å². The van der Waals surface area contributed by atoms with E-state index in [1.54, 1.807) is 0 Å². The zero-order valence-electron chi connectivity index (χ0n) is 15.0. The molecule has 1 aliphatic rings. The van der Waals surface area contributed by atoms with Crippen LogP contribution < -0.4 is 5.73 Å². The van der Waals surface area contributed by atoms with Crippen LogP contribution in [0.2, 0.25) is 0 Å². The highest BCUT2D eigenvalue weighted by molar-refractivity contribution is 5.74.